The molecule has 1 rings (SSSR count). The molecule has 0 saturated heterocycles. The Labute approximate surface area is 109 Å². The molecule has 0 unspecified atom stereocenters. The van der Waals surface area contributed by atoms with Gasteiger partial charge in [-0.25, -0.2) is 0 Å². The molecule has 4 nitrogen and oxygen atoms in total. The first-order chi connectivity index (χ1) is 8.60. The molecule has 0 aromatic carbocycles. The van der Waals surface area contributed by atoms with E-state index in [9.17, 15) is 9.59 Å². The SMILES string of the molecule is CCC(CC)C(=O)N(CCC(=O)O)C1CCCC1. The molecule has 1 N–H and O–H groups in total. The fraction of sp³-hybridized carbons (Fsp3) is 0.857. The molecular weight excluding hydrogens is 230 g/mol. The van der Waals surface area contributed by atoms with Crippen molar-refractivity contribution in [3.05, 3.63) is 0 Å². The van der Waals surface area contributed by atoms with Crippen LogP contribution in [0.1, 0.15) is 58.8 Å². The lowest BCUT2D eigenvalue weighted by Gasteiger charge is -2.31. The number of aliphatic carboxylic acids is 1. The van der Waals surface area contributed by atoms with E-state index in [1.807, 2.05) is 18.7 Å². The van der Waals surface area contributed by atoms with Crippen LogP contribution >= 0.6 is 0 Å². The maximum atomic E-state index is 12.4. The third-order valence-electron chi connectivity index (χ3n) is 3.95. The summed E-state index contributed by atoms with van der Waals surface area (Å²) in [6.45, 7) is 4.42. The van der Waals surface area contributed by atoms with Crippen LogP contribution in [-0.4, -0.2) is 34.5 Å². The summed E-state index contributed by atoms with van der Waals surface area (Å²) >= 11 is 0. The van der Waals surface area contributed by atoms with E-state index in [4.69, 9.17) is 5.11 Å². The van der Waals surface area contributed by atoms with Crippen LogP contribution in [0.15, 0.2) is 0 Å². The molecule has 0 radical (unpaired) electrons. The van der Waals surface area contributed by atoms with Gasteiger partial charge in [-0.05, 0) is 25.7 Å². The van der Waals surface area contributed by atoms with Gasteiger partial charge in [0.1, 0.15) is 0 Å². The molecule has 4 heteroatoms. The minimum Gasteiger partial charge on any atom is -0.481 e. The Kier molecular flexibility index (Phi) is 6.16. The van der Waals surface area contributed by atoms with Crippen molar-refractivity contribution in [1.82, 2.24) is 4.90 Å². The molecule has 0 spiro atoms. The normalized spacial score (nSPS) is 16.2. The molecule has 0 aromatic rings. The molecule has 1 saturated carbocycles. The van der Waals surface area contributed by atoms with E-state index >= 15 is 0 Å². The molecule has 1 aliphatic rings. The third kappa shape index (κ3) is 4.00. The molecule has 1 amide bonds. The van der Waals surface area contributed by atoms with Crippen molar-refractivity contribution in [3.63, 3.8) is 0 Å². The van der Waals surface area contributed by atoms with Crippen molar-refractivity contribution in [2.75, 3.05) is 6.54 Å². The van der Waals surface area contributed by atoms with E-state index in [0.29, 0.717) is 6.54 Å². The van der Waals surface area contributed by atoms with Gasteiger partial charge in [0.2, 0.25) is 5.91 Å². The smallest absolute Gasteiger partial charge is 0.305 e. The summed E-state index contributed by atoms with van der Waals surface area (Å²) in [7, 11) is 0. The van der Waals surface area contributed by atoms with Crippen LogP contribution in [0.2, 0.25) is 0 Å². The number of nitrogens with zero attached hydrogens (tertiary/aromatic N) is 1. The van der Waals surface area contributed by atoms with E-state index in [1.54, 1.807) is 0 Å². The Balaban J connectivity index is 2.68. The number of carbonyl (C=O) groups is 2. The number of rotatable bonds is 7. The van der Waals surface area contributed by atoms with Crippen LogP contribution in [0.25, 0.3) is 0 Å². The number of hydrogen-bond donors (Lipinski definition) is 1. The van der Waals surface area contributed by atoms with Crippen molar-refractivity contribution in [2.45, 2.75) is 64.8 Å². The maximum Gasteiger partial charge on any atom is 0.305 e. The summed E-state index contributed by atoms with van der Waals surface area (Å²) in [6.07, 6.45) is 6.12. The van der Waals surface area contributed by atoms with E-state index in [2.05, 4.69) is 0 Å². The predicted octanol–water partition coefficient (Wildman–Crippen LogP) is 2.67. The summed E-state index contributed by atoms with van der Waals surface area (Å²) in [4.78, 5) is 25.0. The zero-order valence-corrected chi connectivity index (χ0v) is 11.5. The zero-order chi connectivity index (χ0) is 13.5. The average Bonchev–Trinajstić information content (AvgIpc) is 2.84. The summed E-state index contributed by atoms with van der Waals surface area (Å²) in [5.41, 5.74) is 0. The molecule has 1 aliphatic carbocycles. The highest BCUT2D eigenvalue weighted by Gasteiger charge is 2.29. The van der Waals surface area contributed by atoms with E-state index in [1.165, 1.54) is 0 Å². The van der Waals surface area contributed by atoms with Gasteiger partial charge in [0.05, 0.1) is 6.42 Å². The Hall–Kier alpha value is -1.06. The Bertz CT molecular complexity index is 281. The standard InChI is InChI=1S/C14H25NO3/c1-3-11(4-2)14(18)15(10-9-13(16)17)12-7-5-6-8-12/h11-12H,3-10H2,1-2H3,(H,16,17). The minimum atomic E-state index is -0.824. The first kappa shape index (κ1) is 15.0. The van der Waals surface area contributed by atoms with Gasteiger partial charge in [0.15, 0.2) is 0 Å². The van der Waals surface area contributed by atoms with Gasteiger partial charge in [0.25, 0.3) is 0 Å². The maximum absolute atomic E-state index is 12.4. The summed E-state index contributed by atoms with van der Waals surface area (Å²) in [6, 6.07) is 0.275. The minimum absolute atomic E-state index is 0.0550. The van der Waals surface area contributed by atoms with E-state index < -0.39 is 5.97 Å². The monoisotopic (exact) mass is 255 g/mol. The van der Waals surface area contributed by atoms with Crippen molar-refractivity contribution >= 4 is 11.9 Å². The second kappa shape index (κ2) is 7.39. The van der Waals surface area contributed by atoms with Gasteiger partial charge >= 0.3 is 5.97 Å². The zero-order valence-electron chi connectivity index (χ0n) is 11.5. The average molecular weight is 255 g/mol. The van der Waals surface area contributed by atoms with Crippen LogP contribution in [0, 0.1) is 5.92 Å². The van der Waals surface area contributed by atoms with Crippen LogP contribution in [0.5, 0.6) is 0 Å². The van der Waals surface area contributed by atoms with Gasteiger partial charge in [0, 0.05) is 18.5 Å². The van der Waals surface area contributed by atoms with Crippen LogP contribution < -0.4 is 0 Å². The lowest BCUT2D eigenvalue weighted by molar-refractivity contribution is -0.141. The Morgan fingerprint density at radius 1 is 1.22 bits per heavy atom. The Morgan fingerprint density at radius 2 is 1.78 bits per heavy atom. The number of carbonyl (C=O) groups excluding carboxylic acids is 1. The van der Waals surface area contributed by atoms with Crippen LogP contribution in [0.4, 0.5) is 0 Å². The van der Waals surface area contributed by atoms with Crippen molar-refractivity contribution < 1.29 is 14.7 Å². The van der Waals surface area contributed by atoms with E-state index in [0.717, 1.165) is 38.5 Å². The molecule has 0 bridgehead atoms. The van der Waals surface area contributed by atoms with Crippen molar-refractivity contribution in [2.24, 2.45) is 5.92 Å². The van der Waals surface area contributed by atoms with Gasteiger partial charge in [-0.15, -0.1) is 0 Å². The quantitative estimate of drug-likeness (QED) is 0.761. The number of carboxylic acid groups (broad SMARTS) is 1. The van der Waals surface area contributed by atoms with Gasteiger partial charge < -0.3 is 10.0 Å². The number of carboxylic acids is 1. The molecule has 0 atom stereocenters. The topological polar surface area (TPSA) is 57.6 Å². The third-order valence-corrected chi connectivity index (χ3v) is 3.95. The fourth-order valence-corrected chi connectivity index (χ4v) is 2.78. The molecule has 18 heavy (non-hydrogen) atoms. The molecular formula is C14H25NO3. The lowest BCUT2D eigenvalue weighted by Crippen LogP contribution is -2.43. The first-order valence-corrected chi connectivity index (χ1v) is 7.12. The molecule has 1 fully saturated rings. The molecule has 0 heterocycles. The highest BCUT2D eigenvalue weighted by Crippen LogP contribution is 2.26. The highest BCUT2D eigenvalue weighted by atomic mass is 16.4. The highest BCUT2D eigenvalue weighted by molar-refractivity contribution is 5.79. The van der Waals surface area contributed by atoms with Gasteiger partial charge in [-0.1, -0.05) is 26.7 Å². The summed E-state index contributed by atoms with van der Waals surface area (Å²) in [5.74, 6) is -0.608. The van der Waals surface area contributed by atoms with Gasteiger partial charge in [-0.2, -0.15) is 0 Å². The van der Waals surface area contributed by atoms with Crippen molar-refractivity contribution in [1.29, 1.82) is 0 Å². The summed E-state index contributed by atoms with van der Waals surface area (Å²) in [5, 5.41) is 8.80. The predicted molar refractivity (Wildman–Crippen MR) is 70.3 cm³/mol. The first-order valence-electron chi connectivity index (χ1n) is 7.12. The second-order valence-electron chi connectivity index (χ2n) is 5.13. The largest absolute Gasteiger partial charge is 0.481 e. The number of hydrogen-bond acceptors (Lipinski definition) is 2. The Morgan fingerprint density at radius 3 is 2.22 bits per heavy atom. The lowest BCUT2D eigenvalue weighted by atomic mass is 10.00. The molecule has 104 valence electrons. The number of amides is 1. The fourth-order valence-electron chi connectivity index (χ4n) is 2.78. The van der Waals surface area contributed by atoms with Crippen LogP contribution in [0.3, 0.4) is 0 Å². The molecule has 0 aliphatic heterocycles. The van der Waals surface area contributed by atoms with Gasteiger partial charge in [-0.3, -0.25) is 9.59 Å². The second-order valence-corrected chi connectivity index (χ2v) is 5.13. The van der Waals surface area contributed by atoms with Crippen LogP contribution in [-0.2, 0) is 9.59 Å². The molecule has 0 aromatic heterocycles. The summed E-state index contributed by atoms with van der Waals surface area (Å²) < 4.78 is 0. The van der Waals surface area contributed by atoms with Crippen molar-refractivity contribution in [3.8, 4) is 0 Å². The van der Waals surface area contributed by atoms with E-state index in [-0.39, 0.29) is 24.3 Å².